The number of hydrogen-bond donors (Lipinski definition) is 0. The van der Waals surface area contributed by atoms with E-state index >= 15 is 0 Å². The van der Waals surface area contributed by atoms with Crippen LogP contribution in [0.1, 0.15) is 15.9 Å². The normalized spacial score (nSPS) is 10.4. The lowest BCUT2D eigenvalue weighted by molar-refractivity contribution is 0.0734. The Bertz CT molecular complexity index is 987. The quantitative estimate of drug-likeness (QED) is 0.357. The Kier molecular flexibility index (Phi) is 5.55. The van der Waals surface area contributed by atoms with E-state index in [1.165, 1.54) is 0 Å². The summed E-state index contributed by atoms with van der Waals surface area (Å²) in [6.45, 7) is 0. The lowest BCUT2D eigenvalue weighted by Gasteiger charge is -2.05. The van der Waals surface area contributed by atoms with E-state index < -0.39 is 5.97 Å². The molecule has 0 amide bonds. The van der Waals surface area contributed by atoms with Crippen molar-refractivity contribution in [3.63, 3.8) is 0 Å². The van der Waals surface area contributed by atoms with Crippen LogP contribution in [0.4, 0.5) is 11.4 Å². The fourth-order valence-corrected chi connectivity index (χ4v) is 2.19. The van der Waals surface area contributed by atoms with Gasteiger partial charge in [0.15, 0.2) is 0 Å². The second-order valence-electron chi connectivity index (χ2n) is 5.47. The fourth-order valence-electron chi connectivity index (χ4n) is 2.19. The minimum absolute atomic E-state index is 0.410. The van der Waals surface area contributed by atoms with Crippen LogP contribution in [-0.4, -0.2) is 13.1 Å². The van der Waals surface area contributed by atoms with Crippen LogP contribution in [-0.2, 0) is 0 Å². The number of methoxy groups -OCH3 is 1. The van der Waals surface area contributed by atoms with Gasteiger partial charge in [-0.25, -0.2) is 4.79 Å². The second-order valence-corrected chi connectivity index (χ2v) is 5.47. The molecule has 0 saturated carbocycles. The zero-order chi connectivity index (χ0) is 19.1. The maximum absolute atomic E-state index is 12.1. The van der Waals surface area contributed by atoms with Gasteiger partial charge in [0.25, 0.3) is 0 Å². The van der Waals surface area contributed by atoms with E-state index in [1.54, 1.807) is 79.9 Å². The molecule has 0 aliphatic heterocycles. The number of ether oxygens (including phenoxy) is 2. The fraction of sp³-hybridized carbons (Fsp3) is 0.0476. The molecule has 6 heteroatoms. The van der Waals surface area contributed by atoms with Crippen molar-refractivity contribution < 1.29 is 14.3 Å². The van der Waals surface area contributed by atoms with Crippen LogP contribution < -0.4 is 9.47 Å². The van der Waals surface area contributed by atoms with Gasteiger partial charge in [-0.2, -0.15) is 15.5 Å². The average Bonchev–Trinajstić information content (AvgIpc) is 2.73. The number of benzene rings is 3. The highest BCUT2D eigenvalue weighted by atomic mass is 16.5. The molecule has 3 aromatic carbocycles. The topological polar surface area (TPSA) is 84.0 Å². The lowest BCUT2D eigenvalue weighted by atomic mass is 10.2. The molecule has 27 heavy (non-hydrogen) atoms. The van der Waals surface area contributed by atoms with Crippen molar-refractivity contribution in [2.24, 2.45) is 10.2 Å². The van der Waals surface area contributed by atoms with Crippen LogP contribution in [0.15, 0.2) is 83.0 Å². The molecule has 0 bridgehead atoms. The van der Waals surface area contributed by atoms with Crippen molar-refractivity contribution in [2.75, 3.05) is 7.11 Å². The van der Waals surface area contributed by atoms with E-state index in [9.17, 15) is 4.79 Å². The zero-order valence-corrected chi connectivity index (χ0v) is 14.5. The van der Waals surface area contributed by atoms with Crippen molar-refractivity contribution in [1.29, 1.82) is 5.26 Å². The smallest absolute Gasteiger partial charge is 0.343 e. The van der Waals surface area contributed by atoms with Gasteiger partial charge < -0.3 is 9.47 Å². The van der Waals surface area contributed by atoms with E-state index in [1.807, 2.05) is 6.07 Å². The predicted molar refractivity (Wildman–Crippen MR) is 99.7 cm³/mol. The first-order valence-electron chi connectivity index (χ1n) is 8.06. The van der Waals surface area contributed by atoms with Gasteiger partial charge in [0.1, 0.15) is 11.5 Å². The van der Waals surface area contributed by atoms with Crippen molar-refractivity contribution >= 4 is 17.3 Å². The summed E-state index contributed by atoms with van der Waals surface area (Å²) in [6, 6.07) is 22.2. The molecule has 0 heterocycles. The molecule has 0 unspecified atom stereocenters. The van der Waals surface area contributed by atoms with E-state index in [-0.39, 0.29) is 0 Å². The lowest BCUT2D eigenvalue weighted by Crippen LogP contribution is -2.08. The van der Waals surface area contributed by atoms with Gasteiger partial charge in [0.05, 0.1) is 35.7 Å². The van der Waals surface area contributed by atoms with Gasteiger partial charge in [-0.1, -0.05) is 0 Å². The number of carbonyl (C=O) groups excluding carboxylic acids is 1. The Hall–Kier alpha value is -3.98. The standard InChI is InChI=1S/C21H15N3O3/c1-26-19-10-4-16(5-11-19)21(25)27-20-12-8-18(9-13-20)24-23-17-6-2-15(14-22)3-7-17/h2-13H,1H3. The van der Waals surface area contributed by atoms with Crippen molar-refractivity contribution in [1.82, 2.24) is 0 Å². The number of rotatable bonds is 5. The Morgan fingerprint density at radius 2 is 1.33 bits per heavy atom. The summed E-state index contributed by atoms with van der Waals surface area (Å²) >= 11 is 0. The third-order valence-electron chi connectivity index (χ3n) is 3.65. The molecule has 0 spiro atoms. The van der Waals surface area contributed by atoms with Gasteiger partial charge in [-0.15, -0.1) is 0 Å². The van der Waals surface area contributed by atoms with Crippen LogP contribution in [0, 0.1) is 11.3 Å². The molecule has 0 atom stereocenters. The first-order valence-corrected chi connectivity index (χ1v) is 8.06. The SMILES string of the molecule is COc1ccc(C(=O)Oc2ccc(N=Nc3ccc(C#N)cc3)cc2)cc1. The van der Waals surface area contributed by atoms with E-state index in [0.29, 0.717) is 34.0 Å². The van der Waals surface area contributed by atoms with Crippen molar-refractivity contribution in [3.8, 4) is 17.6 Å². The third kappa shape index (κ3) is 4.77. The van der Waals surface area contributed by atoms with E-state index in [0.717, 1.165) is 0 Å². The highest BCUT2D eigenvalue weighted by Gasteiger charge is 2.08. The summed E-state index contributed by atoms with van der Waals surface area (Å²) in [7, 11) is 1.56. The minimum atomic E-state index is -0.454. The molecule has 0 N–H and O–H groups in total. The minimum Gasteiger partial charge on any atom is -0.497 e. The Morgan fingerprint density at radius 1 is 0.815 bits per heavy atom. The number of azo groups is 1. The Morgan fingerprint density at radius 3 is 1.85 bits per heavy atom. The number of nitriles is 1. The molecule has 3 aromatic rings. The van der Waals surface area contributed by atoms with Gasteiger partial charge in [0.2, 0.25) is 0 Å². The summed E-state index contributed by atoms with van der Waals surface area (Å²) < 4.78 is 10.4. The average molecular weight is 357 g/mol. The highest BCUT2D eigenvalue weighted by molar-refractivity contribution is 5.91. The molecule has 0 aromatic heterocycles. The van der Waals surface area contributed by atoms with Gasteiger partial charge >= 0.3 is 5.97 Å². The molecular formula is C21H15N3O3. The molecule has 3 rings (SSSR count). The maximum Gasteiger partial charge on any atom is 0.343 e. The Balaban J connectivity index is 1.63. The molecule has 0 saturated heterocycles. The highest BCUT2D eigenvalue weighted by Crippen LogP contribution is 2.22. The summed E-state index contributed by atoms with van der Waals surface area (Å²) in [5, 5.41) is 17.0. The maximum atomic E-state index is 12.1. The first-order chi connectivity index (χ1) is 13.2. The largest absolute Gasteiger partial charge is 0.497 e. The van der Waals surface area contributed by atoms with Gasteiger partial charge in [0, 0.05) is 0 Å². The predicted octanol–water partition coefficient (Wildman–Crippen LogP) is 5.20. The molecule has 0 aliphatic carbocycles. The zero-order valence-electron chi connectivity index (χ0n) is 14.5. The van der Waals surface area contributed by atoms with Gasteiger partial charge in [-0.3, -0.25) is 0 Å². The third-order valence-corrected chi connectivity index (χ3v) is 3.65. The van der Waals surface area contributed by atoms with Crippen molar-refractivity contribution in [3.05, 3.63) is 83.9 Å². The number of esters is 1. The molecule has 132 valence electrons. The van der Waals surface area contributed by atoms with Crippen molar-refractivity contribution in [2.45, 2.75) is 0 Å². The number of hydrogen-bond acceptors (Lipinski definition) is 6. The van der Waals surface area contributed by atoms with Crippen LogP contribution in [0.25, 0.3) is 0 Å². The van der Waals surface area contributed by atoms with Crippen LogP contribution in [0.5, 0.6) is 11.5 Å². The van der Waals surface area contributed by atoms with E-state index in [2.05, 4.69) is 10.2 Å². The van der Waals surface area contributed by atoms with E-state index in [4.69, 9.17) is 14.7 Å². The molecule has 6 nitrogen and oxygen atoms in total. The summed E-state index contributed by atoms with van der Waals surface area (Å²) in [6.07, 6.45) is 0. The van der Waals surface area contributed by atoms with Crippen LogP contribution in [0.3, 0.4) is 0 Å². The monoisotopic (exact) mass is 357 g/mol. The first kappa shape index (κ1) is 17.8. The summed E-state index contributed by atoms with van der Waals surface area (Å²) in [5.74, 6) is 0.626. The molecule has 0 fully saturated rings. The molecular weight excluding hydrogens is 342 g/mol. The summed E-state index contributed by atoms with van der Waals surface area (Å²) in [4.78, 5) is 12.1. The van der Waals surface area contributed by atoms with Crippen LogP contribution >= 0.6 is 0 Å². The molecule has 0 radical (unpaired) electrons. The van der Waals surface area contributed by atoms with Crippen LogP contribution in [0.2, 0.25) is 0 Å². The number of nitrogens with zero attached hydrogens (tertiary/aromatic N) is 3. The van der Waals surface area contributed by atoms with Gasteiger partial charge in [-0.05, 0) is 72.8 Å². The summed E-state index contributed by atoms with van der Waals surface area (Å²) in [5.41, 5.74) is 2.25. The Labute approximate surface area is 156 Å². The second kappa shape index (κ2) is 8.41. The molecule has 0 aliphatic rings. The number of carbonyl (C=O) groups is 1.